The van der Waals surface area contributed by atoms with E-state index in [2.05, 4.69) is 0 Å². The standard InChI is InChI=1S/C16H11F3O4S/c1-9-8-12(21)14(15(22)23-9)11(20)7-6-10-4-2-3-5-13(10)24-16(17,18)19/h2-8,21H,1H3. The van der Waals surface area contributed by atoms with Crippen molar-refractivity contribution in [2.75, 3.05) is 0 Å². The van der Waals surface area contributed by atoms with Crippen LogP contribution in [0.25, 0.3) is 6.08 Å². The van der Waals surface area contributed by atoms with E-state index in [9.17, 15) is 27.9 Å². The van der Waals surface area contributed by atoms with Crippen LogP contribution in [-0.2, 0) is 0 Å². The first kappa shape index (κ1) is 17.9. The molecule has 0 radical (unpaired) electrons. The van der Waals surface area contributed by atoms with Crippen LogP contribution in [0.1, 0.15) is 21.7 Å². The maximum Gasteiger partial charge on any atom is 0.446 e. The van der Waals surface area contributed by atoms with Crippen LogP contribution in [0.15, 0.2) is 50.5 Å². The zero-order valence-electron chi connectivity index (χ0n) is 12.3. The van der Waals surface area contributed by atoms with E-state index < -0.39 is 28.2 Å². The van der Waals surface area contributed by atoms with E-state index in [1.807, 2.05) is 0 Å². The van der Waals surface area contributed by atoms with Gasteiger partial charge in [0, 0.05) is 11.0 Å². The van der Waals surface area contributed by atoms with Crippen molar-refractivity contribution in [3.63, 3.8) is 0 Å². The Hall–Kier alpha value is -2.48. The topological polar surface area (TPSA) is 67.5 Å². The Bertz CT molecular complexity index is 853. The summed E-state index contributed by atoms with van der Waals surface area (Å²) in [6, 6.07) is 6.72. The highest BCUT2D eigenvalue weighted by Gasteiger charge is 2.30. The van der Waals surface area contributed by atoms with Crippen LogP contribution >= 0.6 is 11.8 Å². The molecule has 2 rings (SSSR count). The number of benzene rings is 1. The first-order valence-corrected chi connectivity index (χ1v) is 7.40. The molecular weight excluding hydrogens is 345 g/mol. The van der Waals surface area contributed by atoms with E-state index >= 15 is 0 Å². The van der Waals surface area contributed by atoms with Gasteiger partial charge in [0.25, 0.3) is 0 Å². The zero-order valence-corrected chi connectivity index (χ0v) is 13.1. The maximum absolute atomic E-state index is 12.5. The van der Waals surface area contributed by atoms with Crippen molar-refractivity contribution in [1.82, 2.24) is 0 Å². The van der Waals surface area contributed by atoms with E-state index in [4.69, 9.17) is 4.42 Å². The Balaban J connectivity index is 2.32. The molecule has 0 fully saturated rings. The van der Waals surface area contributed by atoms with Gasteiger partial charge in [-0.05, 0) is 42.5 Å². The van der Waals surface area contributed by atoms with Crippen LogP contribution < -0.4 is 5.63 Å². The summed E-state index contributed by atoms with van der Waals surface area (Å²) in [4.78, 5) is 23.6. The van der Waals surface area contributed by atoms with Gasteiger partial charge in [0.1, 0.15) is 17.1 Å². The number of carbonyl (C=O) groups excluding carboxylic acids is 1. The highest BCUT2D eigenvalue weighted by Crippen LogP contribution is 2.38. The average molecular weight is 356 g/mol. The number of allylic oxidation sites excluding steroid dienone is 1. The van der Waals surface area contributed by atoms with Crippen molar-refractivity contribution in [3.05, 3.63) is 63.7 Å². The number of thioether (sulfide) groups is 1. The molecular formula is C16H11F3O4S. The maximum atomic E-state index is 12.5. The molecule has 0 spiro atoms. The molecule has 0 aliphatic heterocycles. The third-order valence-electron chi connectivity index (χ3n) is 2.86. The first-order valence-electron chi connectivity index (χ1n) is 6.58. The Kier molecular flexibility index (Phi) is 5.18. The number of hydrogen-bond donors (Lipinski definition) is 1. The number of ketones is 1. The first-order chi connectivity index (χ1) is 11.2. The molecule has 0 unspecified atom stereocenters. The van der Waals surface area contributed by atoms with Crippen LogP contribution in [0, 0.1) is 6.92 Å². The van der Waals surface area contributed by atoms with E-state index in [1.54, 1.807) is 0 Å². The number of carbonyl (C=O) groups is 1. The Morgan fingerprint density at radius 3 is 2.58 bits per heavy atom. The summed E-state index contributed by atoms with van der Waals surface area (Å²) in [7, 11) is 0. The van der Waals surface area contributed by atoms with Crippen LogP contribution in [-0.4, -0.2) is 16.4 Å². The lowest BCUT2D eigenvalue weighted by Crippen LogP contribution is -2.13. The molecule has 126 valence electrons. The summed E-state index contributed by atoms with van der Waals surface area (Å²) in [5, 5.41) is 9.68. The van der Waals surface area contributed by atoms with Crippen LogP contribution in [0.5, 0.6) is 5.75 Å². The molecule has 0 saturated heterocycles. The van der Waals surface area contributed by atoms with Gasteiger partial charge in [-0.2, -0.15) is 13.2 Å². The lowest BCUT2D eigenvalue weighted by molar-refractivity contribution is -0.0328. The van der Waals surface area contributed by atoms with Gasteiger partial charge in [-0.25, -0.2) is 4.79 Å². The van der Waals surface area contributed by atoms with Crippen LogP contribution in [0.2, 0.25) is 0 Å². The predicted molar refractivity (Wildman–Crippen MR) is 83.1 cm³/mol. The highest BCUT2D eigenvalue weighted by molar-refractivity contribution is 8.00. The SMILES string of the molecule is Cc1cc(O)c(C(=O)C=Cc2ccccc2SC(F)(F)F)c(=O)o1. The summed E-state index contributed by atoms with van der Waals surface area (Å²) in [5.74, 6) is -1.28. The van der Waals surface area contributed by atoms with Crippen molar-refractivity contribution in [2.45, 2.75) is 17.3 Å². The Morgan fingerprint density at radius 2 is 1.96 bits per heavy atom. The van der Waals surface area contributed by atoms with Crippen molar-refractivity contribution in [2.24, 2.45) is 0 Å². The van der Waals surface area contributed by atoms with Gasteiger partial charge in [-0.15, -0.1) is 0 Å². The van der Waals surface area contributed by atoms with Gasteiger partial charge in [-0.3, -0.25) is 4.79 Å². The molecule has 1 aromatic heterocycles. The highest BCUT2D eigenvalue weighted by atomic mass is 32.2. The van der Waals surface area contributed by atoms with Crippen molar-refractivity contribution in [1.29, 1.82) is 0 Å². The van der Waals surface area contributed by atoms with Gasteiger partial charge >= 0.3 is 11.1 Å². The van der Waals surface area contributed by atoms with Crippen LogP contribution in [0.4, 0.5) is 13.2 Å². The van der Waals surface area contributed by atoms with Crippen molar-refractivity contribution < 1.29 is 27.5 Å². The summed E-state index contributed by atoms with van der Waals surface area (Å²) in [6.45, 7) is 1.43. The molecule has 0 bridgehead atoms. The number of halogens is 3. The average Bonchev–Trinajstić information content (AvgIpc) is 2.43. The third kappa shape index (κ3) is 4.51. The fourth-order valence-corrected chi connectivity index (χ4v) is 2.56. The smallest absolute Gasteiger partial charge is 0.446 e. The second-order valence-electron chi connectivity index (χ2n) is 4.69. The minimum atomic E-state index is -4.47. The normalized spacial score (nSPS) is 11.8. The second kappa shape index (κ2) is 6.96. The summed E-state index contributed by atoms with van der Waals surface area (Å²) in [6.07, 6.45) is 2.06. The van der Waals surface area contributed by atoms with E-state index in [0.717, 1.165) is 18.2 Å². The van der Waals surface area contributed by atoms with E-state index in [0.29, 0.717) is 0 Å². The minimum absolute atomic E-state index is 0.0887. The summed E-state index contributed by atoms with van der Waals surface area (Å²) >= 11 is -0.309. The molecule has 1 N–H and O–H groups in total. The van der Waals surface area contributed by atoms with Crippen molar-refractivity contribution in [3.8, 4) is 5.75 Å². The van der Waals surface area contributed by atoms with Crippen molar-refractivity contribution >= 4 is 23.6 Å². The molecule has 0 aliphatic rings. The molecule has 4 nitrogen and oxygen atoms in total. The zero-order chi connectivity index (χ0) is 17.9. The number of aryl methyl sites for hydroxylation is 1. The Labute approximate surface area is 138 Å². The molecule has 0 amide bonds. The summed E-state index contributed by atoms with van der Waals surface area (Å²) in [5.41, 5.74) is -5.90. The Morgan fingerprint density at radius 1 is 1.29 bits per heavy atom. The third-order valence-corrected chi connectivity index (χ3v) is 3.68. The molecule has 0 saturated carbocycles. The molecule has 0 aliphatic carbocycles. The predicted octanol–water partition coefficient (Wildman–Crippen LogP) is 4.16. The molecule has 8 heteroatoms. The van der Waals surface area contributed by atoms with E-state index in [1.165, 1.54) is 31.2 Å². The summed E-state index contributed by atoms with van der Waals surface area (Å²) < 4.78 is 42.3. The van der Waals surface area contributed by atoms with Gasteiger partial charge < -0.3 is 9.52 Å². The fraction of sp³-hybridized carbons (Fsp3) is 0.125. The second-order valence-corrected chi connectivity index (χ2v) is 5.79. The molecule has 0 atom stereocenters. The number of hydrogen-bond acceptors (Lipinski definition) is 5. The monoisotopic (exact) mass is 356 g/mol. The quantitative estimate of drug-likeness (QED) is 0.506. The largest absolute Gasteiger partial charge is 0.507 e. The molecule has 24 heavy (non-hydrogen) atoms. The lowest BCUT2D eigenvalue weighted by atomic mass is 10.1. The van der Waals surface area contributed by atoms with Gasteiger partial charge in [-0.1, -0.05) is 18.2 Å². The number of aromatic hydroxyl groups is 1. The molecule has 2 aromatic rings. The lowest BCUT2D eigenvalue weighted by Gasteiger charge is -2.08. The minimum Gasteiger partial charge on any atom is -0.507 e. The van der Waals surface area contributed by atoms with Crippen LogP contribution in [0.3, 0.4) is 0 Å². The number of alkyl halides is 3. The van der Waals surface area contributed by atoms with E-state index in [-0.39, 0.29) is 28.0 Å². The number of rotatable bonds is 4. The molecule has 1 heterocycles. The van der Waals surface area contributed by atoms with Gasteiger partial charge in [0.05, 0.1) is 0 Å². The van der Waals surface area contributed by atoms with Gasteiger partial charge in [0.15, 0.2) is 5.78 Å². The van der Waals surface area contributed by atoms with Gasteiger partial charge in [0.2, 0.25) is 0 Å². The molecule has 1 aromatic carbocycles. The fourth-order valence-electron chi connectivity index (χ4n) is 1.91.